The predicted octanol–water partition coefficient (Wildman–Crippen LogP) is 7.22. The number of hydrogen-bond acceptors (Lipinski definition) is 2. The number of allylic oxidation sites excluding steroid dienone is 1. The third-order valence-electron chi connectivity index (χ3n) is 7.50. The number of unbranched alkanes of at least 4 members (excludes halogenated alkanes) is 1. The fourth-order valence-corrected chi connectivity index (χ4v) is 5.73. The standard InChI is InChI=1S/C29H37BO2/c1-5-7-19-28(22(3)32-4)20-13-18-26(27(31)6-2)29(30,21-28)25-17-12-11-16-24(25)23-14-9-8-10-15-23/h8-12,14-17,26H,3,5-7,13,18-21H2,1-2,4H3. The molecule has 1 fully saturated rings. The number of hydrogen-bond donors (Lipinski definition) is 0. The Morgan fingerprint density at radius 2 is 1.81 bits per heavy atom. The van der Waals surface area contributed by atoms with E-state index in [0.717, 1.165) is 61.0 Å². The van der Waals surface area contributed by atoms with Gasteiger partial charge in [0.05, 0.1) is 20.7 Å². The van der Waals surface area contributed by atoms with Gasteiger partial charge in [-0.1, -0.05) is 94.3 Å². The zero-order valence-electron chi connectivity index (χ0n) is 20.0. The van der Waals surface area contributed by atoms with Gasteiger partial charge < -0.3 is 4.74 Å². The lowest BCUT2D eigenvalue weighted by molar-refractivity contribution is -0.124. The SMILES string of the molecule is [B]C1(c2ccccc2-c2ccccc2)CC(CCCC)(C(=C)OC)CCCC1C(=O)CC. The zero-order valence-corrected chi connectivity index (χ0v) is 20.0. The molecule has 2 aromatic carbocycles. The summed E-state index contributed by atoms with van der Waals surface area (Å²) in [6.45, 7) is 8.50. The predicted molar refractivity (Wildman–Crippen MR) is 135 cm³/mol. The number of benzene rings is 2. The number of rotatable bonds is 9. The van der Waals surface area contributed by atoms with Crippen molar-refractivity contribution in [2.75, 3.05) is 7.11 Å². The molecule has 32 heavy (non-hydrogen) atoms. The van der Waals surface area contributed by atoms with Crippen LogP contribution in [-0.4, -0.2) is 20.7 Å². The van der Waals surface area contributed by atoms with Crippen molar-refractivity contribution in [3.8, 4) is 11.1 Å². The van der Waals surface area contributed by atoms with E-state index in [-0.39, 0.29) is 17.1 Å². The summed E-state index contributed by atoms with van der Waals surface area (Å²) >= 11 is 0. The normalized spacial score (nSPS) is 25.7. The van der Waals surface area contributed by atoms with Gasteiger partial charge in [0.1, 0.15) is 5.78 Å². The van der Waals surface area contributed by atoms with Crippen LogP contribution in [0.25, 0.3) is 11.1 Å². The molecule has 3 atom stereocenters. The van der Waals surface area contributed by atoms with Crippen molar-refractivity contribution < 1.29 is 9.53 Å². The van der Waals surface area contributed by atoms with Crippen molar-refractivity contribution in [3.05, 3.63) is 72.5 Å². The summed E-state index contributed by atoms with van der Waals surface area (Å²) in [6, 6.07) is 18.7. The topological polar surface area (TPSA) is 26.3 Å². The lowest BCUT2D eigenvalue weighted by Gasteiger charge is -2.45. The zero-order chi connectivity index (χ0) is 23.2. The Hall–Kier alpha value is -2.29. The maximum Gasteiger partial charge on any atom is 0.135 e. The van der Waals surface area contributed by atoms with Gasteiger partial charge >= 0.3 is 0 Å². The van der Waals surface area contributed by atoms with E-state index in [1.54, 1.807) is 7.11 Å². The van der Waals surface area contributed by atoms with Gasteiger partial charge in [-0.2, -0.15) is 0 Å². The molecule has 0 heterocycles. The molecule has 2 nitrogen and oxygen atoms in total. The minimum Gasteiger partial charge on any atom is -0.501 e. The fourth-order valence-electron chi connectivity index (χ4n) is 5.73. The maximum atomic E-state index is 13.3. The molecule has 0 aromatic heterocycles. The van der Waals surface area contributed by atoms with E-state index >= 15 is 0 Å². The molecule has 0 saturated heterocycles. The van der Waals surface area contributed by atoms with Crippen LogP contribution in [0.5, 0.6) is 0 Å². The van der Waals surface area contributed by atoms with Crippen molar-refractivity contribution in [2.24, 2.45) is 11.3 Å². The van der Waals surface area contributed by atoms with Crippen LogP contribution >= 0.6 is 0 Å². The number of methoxy groups -OCH3 is 1. The second-order valence-electron chi connectivity index (χ2n) is 9.40. The van der Waals surface area contributed by atoms with Crippen LogP contribution in [0, 0.1) is 11.3 Å². The summed E-state index contributed by atoms with van der Waals surface area (Å²) in [6.07, 6.45) is 7.07. The number of carbonyl (C=O) groups is 1. The van der Waals surface area contributed by atoms with Crippen LogP contribution in [0.1, 0.15) is 70.8 Å². The molecule has 3 unspecified atom stereocenters. The highest BCUT2D eigenvalue weighted by atomic mass is 16.5. The molecule has 0 bridgehead atoms. The van der Waals surface area contributed by atoms with E-state index in [2.05, 4.69) is 56.0 Å². The summed E-state index contributed by atoms with van der Waals surface area (Å²) in [5, 5.41) is -0.786. The van der Waals surface area contributed by atoms with E-state index in [4.69, 9.17) is 12.6 Å². The van der Waals surface area contributed by atoms with Gasteiger partial charge in [-0.15, -0.1) is 0 Å². The summed E-state index contributed by atoms with van der Waals surface area (Å²) in [4.78, 5) is 13.3. The molecule has 0 N–H and O–H groups in total. The van der Waals surface area contributed by atoms with Gasteiger partial charge in [-0.25, -0.2) is 0 Å². The summed E-state index contributed by atoms with van der Waals surface area (Å²) in [7, 11) is 9.18. The highest BCUT2D eigenvalue weighted by molar-refractivity contribution is 6.19. The molecular formula is C29H37BO2. The Bertz CT molecular complexity index is 922. The lowest BCUT2D eigenvalue weighted by atomic mass is 9.49. The minimum absolute atomic E-state index is 0.217. The summed E-state index contributed by atoms with van der Waals surface area (Å²) in [5.41, 5.74) is 3.07. The molecule has 0 amide bonds. The van der Waals surface area contributed by atoms with Crippen LogP contribution in [0.4, 0.5) is 0 Å². The Kier molecular flexibility index (Phi) is 8.03. The van der Waals surface area contributed by atoms with Crippen molar-refractivity contribution in [1.29, 1.82) is 0 Å². The molecule has 1 aliphatic carbocycles. The Morgan fingerprint density at radius 3 is 2.47 bits per heavy atom. The molecule has 0 spiro atoms. The van der Waals surface area contributed by atoms with Gasteiger partial charge in [0.15, 0.2) is 0 Å². The molecule has 0 aliphatic heterocycles. The smallest absolute Gasteiger partial charge is 0.135 e. The molecule has 3 heteroatoms. The molecule has 2 radical (unpaired) electrons. The average molecular weight is 428 g/mol. The Morgan fingerprint density at radius 1 is 1.12 bits per heavy atom. The van der Waals surface area contributed by atoms with Crippen molar-refractivity contribution >= 4 is 13.6 Å². The quantitative estimate of drug-likeness (QED) is 0.239. The third-order valence-corrected chi connectivity index (χ3v) is 7.50. The first-order valence-electron chi connectivity index (χ1n) is 12.1. The number of ether oxygens (including phenoxy) is 1. The first-order chi connectivity index (χ1) is 15.4. The number of carbonyl (C=O) groups excluding carboxylic acids is 1. The van der Waals surface area contributed by atoms with Crippen LogP contribution in [-0.2, 0) is 14.8 Å². The first-order valence-corrected chi connectivity index (χ1v) is 12.1. The molecule has 1 saturated carbocycles. The molecule has 168 valence electrons. The Labute approximate surface area is 195 Å². The van der Waals surface area contributed by atoms with Gasteiger partial charge in [0.2, 0.25) is 0 Å². The average Bonchev–Trinajstić information content (AvgIpc) is 2.99. The number of Topliss-reactive ketones (excluding diaryl/α,β-unsaturated/α-hetero) is 1. The third kappa shape index (κ3) is 4.72. The molecule has 1 aliphatic rings. The summed E-state index contributed by atoms with van der Waals surface area (Å²) in [5.74, 6) is 0.845. The van der Waals surface area contributed by atoms with Crippen LogP contribution < -0.4 is 0 Å². The lowest BCUT2D eigenvalue weighted by Crippen LogP contribution is -2.44. The van der Waals surface area contributed by atoms with Crippen LogP contribution in [0.3, 0.4) is 0 Å². The molecule has 3 rings (SSSR count). The number of ketones is 1. The van der Waals surface area contributed by atoms with Crippen molar-refractivity contribution in [1.82, 2.24) is 0 Å². The van der Waals surface area contributed by atoms with Crippen molar-refractivity contribution in [3.63, 3.8) is 0 Å². The van der Waals surface area contributed by atoms with Gasteiger partial charge in [-0.05, 0) is 47.7 Å². The van der Waals surface area contributed by atoms with E-state index in [1.807, 2.05) is 19.1 Å². The van der Waals surface area contributed by atoms with Gasteiger partial charge in [0.25, 0.3) is 0 Å². The second kappa shape index (κ2) is 10.6. The molecular weight excluding hydrogens is 391 g/mol. The molecule has 2 aromatic rings. The van der Waals surface area contributed by atoms with E-state index < -0.39 is 5.31 Å². The van der Waals surface area contributed by atoms with Crippen LogP contribution in [0.2, 0.25) is 0 Å². The highest BCUT2D eigenvalue weighted by Crippen LogP contribution is 2.54. The van der Waals surface area contributed by atoms with Gasteiger partial charge in [0, 0.05) is 17.8 Å². The van der Waals surface area contributed by atoms with E-state index in [1.165, 1.54) is 0 Å². The van der Waals surface area contributed by atoms with Gasteiger partial charge in [-0.3, -0.25) is 4.79 Å². The van der Waals surface area contributed by atoms with Crippen LogP contribution in [0.15, 0.2) is 66.9 Å². The first kappa shape index (κ1) is 24.4. The maximum absolute atomic E-state index is 13.3. The minimum atomic E-state index is -0.786. The fraction of sp³-hybridized carbons (Fsp3) is 0.483. The van der Waals surface area contributed by atoms with Crippen molar-refractivity contribution in [2.45, 2.75) is 70.5 Å². The summed E-state index contributed by atoms with van der Waals surface area (Å²) < 4.78 is 5.78. The second-order valence-corrected chi connectivity index (χ2v) is 9.40. The monoisotopic (exact) mass is 428 g/mol. The highest BCUT2D eigenvalue weighted by Gasteiger charge is 2.49. The largest absolute Gasteiger partial charge is 0.501 e. The van der Waals surface area contributed by atoms with E-state index in [0.29, 0.717) is 12.8 Å². The van der Waals surface area contributed by atoms with E-state index in [9.17, 15) is 4.79 Å². The Balaban J connectivity index is 2.21.